The van der Waals surface area contributed by atoms with Crippen LogP contribution >= 0.6 is 11.6 Å². The number of amides is 1. The van der Waals surface area contributed by atoms with Crippen LogP contribution in [0.1, 0.15) is 24.7 Å². The van der Waals surface area contributed by atoms with Crippen molar-refractivity contribution in [2.24, 2.45) is 5.92 Å². The summed E-state index contributed by atoms with van der Waals surface area (Å²) in [5.74, 6) is -0.599. The molecule has 0 bridgehead atoms. The molecule has 27 heavy (non-hydrogen) atoms. The monoisotopic (exact) mass is 388 g/mol. The van der Waals surface area contributed by atoms with E-state index in [9.17, 15) is 19.1 Å². The van der Waals surface area contributed by atoms with Crippen LogP contribution in [0.15, 0.2) is 41.5 Å². The maximum atomic E-state index is 14.4. The van der Waals surface area contributed by atoms with Crippen LogP contribution in [0.25, 0.3) is 16.6 Å². The summed E-state index contributed by atoms with van der Waals surface area (Å²) in [6, 6.07) is 4.96. The van der Waals surface area contributed by atoms with Gasteiger partial charge in [0.05, 0.1) is 28.3 Å². The van der Waals surface area contributed by atoms with Gasteiger partial charge in [-0.05, 0) is 43.0 Å². The molecule has 1 fully saturated rings. The molecule has 0 radical (unpaired) electrons. The van der Waals surface area contributed by atoms with Gasteiger partial charge in [0, 0.05) is 6.20 Å². The molecule has 1 amide bonds. The molecule has 1 saturated carbocycles. The molecular weight excluding hydrogens is 375 g/mol. The second-order valence-electron chi connectivity index (χ2n) is 6.34. The van der Waals surface area contributed by atoms with Gasteiger partial charge in [0.25, 0.3) is 5.56 Å². The maximum absolute atomic E-state index is 14.4. The Bertz CT molecular complexity index is 1100. The summed E-state index contributed by atoms with van der Waals surface area (Å²) in [5.41, 5.74) is -0.365. The molecule has 138 valence electrons. The lowest BCUT2D eigenvalue weighted by Crippen LogP contribution is -2.35. The van der Waals surface area contributed by atoms with E-state index in [2.05, 4.69) is 15.3 Å². The van der Waals surface area contributed by atoms with Gasteiger partial charge in [-0.3, -0.25) is 14.3 Å². The second kappa shape index (κ2) is 6.62. The van der Waals surface area contributed by atoms with E-state index in [4.69, 9.17) is 11.6 Å². The third kappa shape index (κ3) is 3.12. The summed E-state index contributed by atoms with van der Waals surface area (Å²) < 4.78 is 15.6. The lowest BCUT2D eigenvalue weighted by atomic mass is 10.1. The first-order valence-electron chi connectivity index (χ1n) is 8.28. The summed E-state index contributed by atoms with van der Waals surface area (Å²) >= 11 is 6.14. The number of hydrogen-bond donors (Lipinski definition) is 2. The molecule has 2 heterocycles. The molecule has 9 heteroatoms. The molecule has 7 nitrogen and oxygen atoms in total. The van der Waals surface area contributed by atoms with Crippen molar-refractivity contribution in [1.29, 1.82) is 0 Å². The Labute approximate surface area is 157 Å². The molecule has 2 N–H and O–H groups in total. The molecular formula is C18H14ClFN4O3. The number of aromatic nitrogens is 3. The number of halogens is 2. The summed E-state index contributed by atoms with van der Waals surface area (Å²) in [6.45, 7) is 0. The van der Waals surface area contributed by atoms with Crippen LogP contribution in [0, 0.1) is 11.7 Å². The predicted molar refractivity (Wildman–Crippen MR) is 96.7 cm³/mol. The highest BCUT2D eigenvalue weighted by Crippen LogP contribution is 2.41. The number of hydrogen-bond acceptors (Lipinski definition) is 4. The molecule has 0 aliphatic heterocycles. The van der Waals surface area contributed by atoms with Gasteiger partial charge in [-0.1, -0.05) is 11.6 Å². The minimum absolute atomic E-state index is 0.0179. The standard InChI is InChI=1S/C18H14ClFN4O3/c19-11-5-6-12(20)15-13(11)17(25)24(10-2-1-7-21-8-10)16(22-15)14(9-3-4-9)23-18(26)27/h1-2,5-9,14,23H,3-4H2,(H,26,27)/t14-/m1/s1. The number of pyridine rings is 1. The van der Waals surface area contributed by atoms with E-state index >= 15 is 0 Å². The van der Waals surface area contributed by atoms with Crippen LogP contribution in [0.4, 0.5) is 9.18 Å². The molecule has 1 aromatic carbocycles. The zero-order chi connectivity index (χ0) is 19.1. The van der Waals surface area contributed by atoms with Gasteiger partial charge in [0.2, 0.25) is 0 Å². The van der Waals surface area contributed by atoms with Gasteiger partial charge in [-0.25, -0.2) is 14.2 Å². The van der Waals surface area contributed by atoms with Crippen molar-refractivity contribution in [2.45, 2.75) is 18.9 Å². The van der Waals surface area contributed by atoms with Crippen LogP contribution in [0.3, 0.4) is 0 Å². The summed E-state index contributed by atoms with van der Waals surface area (Å²) in [5, 5.41) is 11.7. The molecule has 2 aromatic heterocycles. The number of carboxylic acid groups (broad SMARTS) is 1. The smallest absolute Gasteiger partial charge is 0.405 e. The van der Waals surface area contributed by atoms with Crippen molar-refractivity contribution in [3.63, 3.8) is 0 Å². The highest BCUT2D eigenvalue weighted by Gasteiger charge is 2.37. The molecule has 1 aliphatic carbocycles. The summed E-state index contributed by atoms with van der Waals surface area (Å²) in [4.78, 5) is 32.9. The van der Waals surface area contributed by atoms with Crippen molar-refractivity contribution in [3.8, 4) is 5.69 Å². The minimum Gasteiger partial charge on any atom is -0.465 e. The maximum Gasteiger partial charge on any atom is 0.405 e. The lowest BCUT2D eigenvalue weighted by Gasteiger charge is -2.21. The van der Waals surface area contributed by atoms with Crippen molar-refractivity contribution >= 4 is 28.6 Å². The lowest BCUT2D eigenvalue weighted by molar-refractivity contribution is 0.187. The Morgan fingerprint density at radius 2 is 2.15 bits per heavy atom. The van der Waals surface area contributed by atoms with Crippen molar-refractivity contribution in [2.75, 3.05) is 0 Å². The summed E-state index contributed by atoms with van der Waals surface area (Å²) in [6.07, 6.45) is 3.32. The SMILES string of the molecule is O=C(O)N[C@@H](c1nc2c(F)ccc(Cl)c2c(=O)n1-c1cccnc1)C1CC1. The minimum atomic E-state index is -1.24. The molecule has 3 aromatic rings. The van der Waals surface area contributed by atoms with Gasteiger partial charge < -0.3 is 10.4 Å². The Hall–Kier alpha value is -3.00. The first-order chi connectivity index (χ1) is 13.0. The average Bonchev–Trinajstić information content (AvgIpc) is 3.48. The highest BCUT2D eigenvalue weighted by molar-refractivity contribution is 6.35. The van der Waals surface area contributed by atoms with Crippen LogP contribution in [0.2, 0.25) is 5.02 Å². The number of carbonyl (C=O) groups is 1. The highest BCUT2D eigenvalue weighted by atomic mass is 35.5. The van der Waals surface area contributed by atoms with Gasteiger partial charge >= 0.3 is 6.09 Å². The van der Waals surface area contributed by atoms with E-state index < -0.39 is 23.5 Å². The number of nitrogens with zero attached hydrogens (tertiary/aromatic N) is 3. The average molecular weight is 389 g/mol. The zero-order valence-corrected chi connectivity index (χ0v) is 14.7. The molecule has 1 aliphatic rings. The van der Waals surface area contributed by atoms with E-state index in [1.807, 2.05) is 0 Å². The Morgan fingerprint density at radius 3 is 2.78 bits per heavy atom. The molecule has 0 saturated heterocycles. The molecule has 0 spiro atoms. The van der Waals surface area contributed by atoms with E-state index in [1.54, 1.807) is 18.3 Å². The van der Waals surface area contributed by atoms with E-state index in [0.717, 1.165) is 18.9 Å². The topological polar surface area (TPSA) is 97.1 Å². The fourth-order valence-corrected chi connectivity index (χ4v) is 3.37. The Balaban J connectivity index is 2.08. The number of rotatable bonds is 4. The largest absolute Gasteiger partial charge is 0.465 e. The summed E-state index contributed by atoms with van der Waals surface area (Å²) in [7, 11) is 0. The third-order valence-corrected chi connectivity index (χ3v) is 4.82. The van der Waals surface area contributed by atoms with Crippen LogP contribution in [-0.2, 0) is 0 Å². The normalized spacial score (nSPS) is 14.9. The first-order valence-corrected chi connectivity index (χ1v) is 8.65. The number of benzene rings is 1. The predicted octanol–water partition coefficient (Wildman–Crippen LogP) is 3.29. The first kappa shape index (κ1) is 17.4. The van der Waals surface area contributed by atoms with Crippen molar-refractivity contribution in [1.82, 2.24) is 19.9 Å². The zero-order valence-electron chi connectivity index (χ0n) is 13.9. The van der Waals surface area contributed by atoms with E-state index in [1.165, 1.54) is 16.8 Å². The second-order valence-corrected chi connectivity index (χ2v) is 6.75. The van der Waals surface area contributed by atoms with Gasteiger partial charge in [0.15, 0.2) is 0 Å². The van der Waals surface area contributed by atoms with Crippen LogP contribution in [0.5, 0.6) is 0 Å². The van der Waals surface area contributed by atoms with Crippen molar-refractivity contribution in [3.05, 3.63) is 63.7 Å². The molecule has 1 atom stereocenters. The van der Waals surface area contributed by atoms with Crippen LogP contribution in [-0.4, -0.2) is 25.7 Å². The fourth-order valence-electron chi connectivity index (χ4n) is 3.13. The van der Waals surface area contributed by atoms with E-state index in [0.29, 0.717) is 5.69 Å². The third-order valence-electron chi connectivity index (χ3n) is 4.50. The van der Waals surface area contributed by atoms with Gasteiger partial charge in [-0.2, -0.15) is 0 Å². The van der Waals surface area contributed by atoms with Gasteiger partial charge in [-0.15, -0.1) is 0 Å². The quantitative estimate of drug-likeness (QED) is 0.714. The van der Waals surface area contributed by atoms with E-state index in [-0.39, 0.29) is 27.7 Å². The van der Waals surface area contributed by atoms with Crippen LogP contribution < -0.4 is 10.9 Å². The Morgan fingerprint density at radius 1 is 1.37 bits per heavy atom. The Kier molecular flexibility index (Phi) is 4.27. The molecule has 0 unspecified atom stereocenters. The van der Waals surface area contributed by atoms with Gasteiger partial charge in [0.1, 0.15) is 17.2 Å². The fraction of sp³-hybridized carbons (Fsp3) is 0.222. The number of nitrogens with one attached hydrogen (secondary N) is 1. The number of fused-ring (bicyclic) bond motifs is 1. The molecule has 4 rings (SSSR count). The van der Waals surface area contributed by atoms with Crippen molar-refractivity contribution < 1.29 is 14.3 Å².